The van der Waals surface area contributed by atoms with E-state index in [4.69, 9.17) is 9.16 Å². The van der Waals surface area contributed by atoms with E-state index < -0.39 is 8.32 Å². The average Bonchev–Trinajstić information content (AvgIpc) is 2.69. The van der Waals surface area contributed by atoms with Crippen molar-refractivity contribution in [2.24, 2.45) is 0 Å². The van der Waals surface area contributed by atoms with Crippen LogP contribution in [0.5, 0.6) is 5.75 Å². The van der Waals surface area contributed by atoms with Gasteiger partial charge in [-0.3, -0.25) is 0 Å². The first kappa shape index (κ1) is 23.2. The van der Waals surface area contributed by atoms with E-state index in [1.165, 1.54) is 5.56 Å². The molecule has 0 unspecified atom stereocenters. The van der Waals surface area contributed by atoms with Crippen molar-refractivity contribution in [1.82, 2.24) is 0 Å². The van der Waals surface area contributed by atoms with Gasteiger partial charge in [0.1, 0.15) is 5.75 Å². The number of carbonyl (C=O) groups is 1. The number of hydrogen-bond donors (Lipinski definition) is 0. The molecule has 0 atom stereocenters. The van der Waals surface area contributed by atoms with E-state index in [0.29, 0.717) is 28.8 Å². The predicted molar refractivity (Wildman–Crippen MR) is 123 cm³/mol. The van der Waals surface area contributed by atoms with Gasteiger partial charge < -0.3 is 9.16 Å². The van der Waals surface area contributed by atoms with E-state index in [1.54, 1.807) is 12.1 Å². The smallest absolute Gasteiger partial charge is 0.338 e. The molecule has 0 fully saturated rings. The van der Waals surface area contributed by atoms with Gasteiger partial charge in [-0.1, -0.05) is 71.9 Å². The number of esters is 1. The molecule has 2 aromatic carbocycles. The zero-order valence-electron chi connectivity index (χ0n) is 18.8. The molecule has 0 bridgehead atoms. The minimum absolute atomic E-state index is 0.260. The number of hydrogen-bond acceptors (Lipinski definition) is 3. The van der Waals surface area contributed by atoms with Crippen LogP contribution in [0.3, 0.4) is 0 Å². The normalized spacial score (nSPS) is 11.9. The fourth-order valence-corrected chi connectivity index (χ4v) is 9.66. The number of carbonyl (C=O) groups excluding carboxylic acids is 1. The zero-order valence-corrected chi connectivity index (χ0v) is 19.8. The molecular formula is C25H36O3Si. The number of rotatable bonds is 10. The van der Waals surface area contributed by atoms with Crippen molar-refractivity contribution in [2.45, 2.75) is 71.0 Å². The molecule has 0 radical (unpaired) electrons. The first-order valence-corrected chi connectivity index (χ1v) is 12.9. The van der Waals surface area contributed by atoms with Gasteiger partial charge in [0.05, 0.1) is 12.2 Å². The average molecular weight is 413 g/mol. The van der Waals surface area contributed by atoms with E-state index in [2.05, 4.69) is 65.8 Å². The number of benzene rings is 2. The summed E-state index contributed by atoms with van der Waals surface area (Å²) in [5.41, 5.74) is 3.45. The molecule has 158 valence electrons. The Morgan fingerprint density at radius 1 is 0.862 bits per heavy atom. The lowest BCUT2D eigenvalue weighted by Gasteiger charge is -2.42. The van der Waals surface area contributed by atoms with Gasteiger partial charge in [0, 0.05) is 0 Å². The first-order valence-electron chi connectivity index (χ1n) is 10.8. The van der Waals surface area contributed by atoms with Crippen LogP contribution in [0.15, 0.2) is 54.6 Å². The summed E-state index contributed by atoms with van der Waals surface area (Å²) in [5.74, 6) is 0.718. The highest BCUT2D eigenvalue weighted by Gasteiger charge is 2.46. The molecule has 0 saturated heterocycles. The van der Waals surface area contributed by atoms with Crippen molar-refractivity contribution in [3.05, 3.63) is 65.7 Å². The van der Waals surface area contributed by atoms with Crippen molar-refractivity contribution < 1.29 is 14.0 Å². The molecule has 0 aromatic heterocycles. The molecular weight excluding hydrogens is 376 g/mol. The van der Waals surface area contributed by atoms with Crippen molar-refractivity contribution in [3.8, 4) is 5.75 Å². The van der Waals surface area contributed by atoms with Crippen LogP contribution in [0.2, 0.25) is 16.6 Å². The molecule has 0 aliphatic carbocycles. The van der Waals surface area contributed by atoms with Crippen molar-refractivity contribution in [2.75, 3.05) is 6.61 Å². The predicted octanol–water partition coefficient (Wildman–Crippen LogP) is 7.03. The summed E-state index contributed by atoms with van der Waals surface area (Å²) < 4.78 is 12.2. The second kappa shape index (κ2) is 10.6. The van der Waals surface area contributed by atoms with Gasteiger partial charge >= 0.3 is 5.97 Å². The van der Waals surface area contributed by atoms with E-state index in [0.717, 1.165) is 18.6 Å². The molecule has 0 N–H and O–H groups in total. The third kappa shape index (κ3) is 5.95. The Kier molecular flexibility index (Phi) is 8.51. The molecule has 0 spiro atoms. The highest BCUT2D eigenvalue weighted by Crippen LogP contribution is 2.42. The second-order valence-electron chi connectivity index (χ2n) is 8.67. The Morgan fingerprint density at radius 2 is 1.48 bits per heavy atom. The summed E-state index contributed by atoms with van der Waals surface area (Å²) in [6, 6.07) is 17.6. The van der Waals surface area contributed by atoms with Gasteiger partial charge in [-0.2, -0.15) is 0 Å². The fraction of sp³-hybridized carbons (Fsp3) is 0.480. The molecule has 0 amide bonds. The second-order valence-corrected chi connectivity index (χ2v) is 14.0. The van der Waals surface area contributed by atoms with Gasteiger partial charge in [0.15, 0.2) is 0 Å². The van der Waals surface area contributed by atoms with E-state index in [9.17, 15) is 4.79 Å². The van der Waals surface area contributed by atoms with E-state index in [1.807, 2.05) is 18.2 Å². The summed E-state index contributed by atoms with van der Waals surface area (Å²) in [6.07, 6.45) is 1.65. The molecule has 2 aromatic rings. The molecule has 4 heteroatoms. The van der Waals surface area contributed by atoms with Gasteiger partial charge in [-0.25, -0.2) is 4.79 Å². The van der Waals surface area contributed by atoms with E-state index >= 15 is 0 Å². The highest BCUT2D eigenvalue weighted by atomic mass is 28.4. The standard InChI is InChI=1S/C25H36O3Si/c1-19(2)29(20(3)4,21(5)6)28-24-16-10-12-22(18-24)13-11-17-27-25(26)23-14-8-7-9-15-23/h7-10,12,14-16,18-21H,11,13,17H2,1-6H3. The van der Waals surface area contributed by atoms with Crippen LogP contribution in [0.1, 0.15) is 63.9 Å². The minimum Gasteiger partial charge on any atom is -0.543 e. The molecule has 0 aliphatic heterocycles. The van der Waals surface area contributed by atoms with Gasteiger partial charge in [0.2, 0.25) is 0 Å². The van der Waals surface area contributed by atoms with Crippen molar-refractivity contribution in [3.63, 3.8) is 0 Å². The van der Waals surface area contributed by atoms with Crippen LogP contribution in [-0.4, -0.2) is 20.9 Å². The summed E-state index contributed by atoms with van der Waals surface area (Å²) >= 11 is 0. The maximum atomic E-state index is 12.0. The van der Waals surface area contributed by atoms with Crippen molar-refractivity contribution in [1.29, 1.82) is 0 Å². The van der Waals surface area contributed by atoms with Crippen LogP contribution in [0, 0.1) is 0 Å². The molecule has 0 saturated carbocycles. The van der Waals surface area contributed by atoms with Crippen LogP contribution in [0.4, 0.5) is 0 Å². The Labute approximate surface area is 177 Å². The Hall–Kier alpha value is -2.07. The summed E-state index contributed by atoms with van der Waals surface area (Å²) in [5, 5.41) is 0. The van der Waals surface area contributed by atoms with Crippen LogP contribution >= 0.6 is 0 Å². The SMILES string of the molecule is CC(C)[Si](Oc1cccc(CCCOC(=O)c2ccccc2)c1)(C(C)C)C(C)C. The van der Waals surface area contributed by atoms with Gasteiger partial charge in [-0.15, -0.1) is 0 Å². The Balaban J connectivity index is 1.96. The fourth-order valence-electron chi connectivity index (χ4n) is 4.42. The largest absolute Gasteiger partial charge is 0.543 e. The molecule has 0 heterocycles. The topological polar surface area (TPSA) is 35.5 Å². The van der Waals surface area contributed by atoms with Crippen LogP contribution in [-0.2, 0) is 11.2 Å². The maximum absolute atomic E-state index is 12.0. The number of ether oxygens (including phenoxy) is 1. The van der Waals surface area contributed by atoms with Gasteiger partial charge in [-0.05, 0) is 59.3 Å². The van der Waals surface area contributed by atoms with Crippen molar-refractivity contribution >= 4 is 14.3 Å². The Morgan fingerprint density at radius 3 is 2.07 bits per heavy atom. The molecule has 29 heavy (non-hydrogen) atoms. The maximum Gasteiger partial charge on any atom is 0.338 e. The lowest BCUT2D eigenvalue weighted by atomic mass is 10.1. The third-order valence-corrected chi connectivity index (χ3v) is 11.8. The molecule has 3 nitrogen and oxygen atoms in total. The summed E-state index contributed by atoms with van der Waals surface area (Å²) in [4.78, 5) is 12.0. The van der Waals surface area contributed by atoms with E-state index in [-0.39, 0.29) is 5.97 Å². The summed E-state index contributed by atoms with van der Waals surface area (Å²) in [6.45, 7) is 14.2. The molecule has 0 aliphatic rings. The Bertz CT molecular complexity index is 747. The van der Waals surface area contributed by atoms with Gasteiger partial charge in [0.25, 0.3) is 8.32 Å². The van der Waals surface area contributed by atoms with Crippen LogP contribution in [0.25, 0.3) is 0 Å². The lowest BCUT2D eigenvalue weighted by Crippen LogP contribution is -2.50. The quantitative estimate of drug-likeness (QED) is 0.239. The monoisotopic (exact) mass is 412 g/mol. The highest BCUT2D eigenvalue weighted by molar-refractivity contribution is 6.78. The minimum atomic E-state index is -1.95. The lowest BCUT2D eigenvalue weighted by molar-refractivity contribution is 0.0500. The summed E-state index contributed by atoms with van der Waals surface area (Å²) in [7, 11) is -1.95. The zero-order chi connectivity index (χ0) is 21.4. The third-order valence-electron chi connectivity index (χ3n) is 5.75. The molecule has 2 rings (SSSR count). The van der Waals surface area contributed by atoms with Crippen LogP contribution < -0.4 is 4.43 Å². The first-order chi connectivity index (χ1) is 13.8. The number of aryl methyl sites for hydroxylation is 1.